The fourth-order valence-corrected chi connectivity index (χ4v) is 1.88. The van der Waals surface area contributed by atoms with Gasteiger partial charge in [-0.05, 0) is 6.92 Å². The van der Waals surface area contributed by atoms with E-state index in [0.717, 1.165) is 0 Å². The Kier molecular flexibility index (Phi) is 1.85. The highest BCUT2D eigenvalue weighted by atomic mass is 32.1. The van der Waals surface area contributed by atoms with Crippen molar-refractivity contribution in [2.45, 2.75) is 6.92 Å². The van der Waals surface area contributed by atoms with Gasteiger partial charge in [0, 0.05) is 11.6 Å². The zero-order chi connectivity index (χ0) is 10.3. The molecule has 0 unspecified atom stereocenters. The van der Waals surface area contributed by atoms with Crippen molar-refractivity contribution in [3.63, 3.8) is 0 Å². The molecule has 1 N–H and O–H groups in total. The molecule has 0 atom stereocenters. The van der Waals surface area contributed by atoms with Crippen molar-refractivity contribution in [3.05, 3.63) is 27.5 Å². The quantitative estimate of drug-likeness (QED) is 0.702. The van der Waals surface area contributed by atoms with Gasteiger partial charge in [0.25, 0.3) is 5.56 Å². The molecule has 0 fully saturated rings. The van der Waals surface area contributed by atoms with Gasteiger partial charge in [-0.2, -0.15) is 4.98 Å². The lowest BCUT2D eigenvalue weighted by Crippen LogP contribution is -2.20. The van der Waals surface area contributed by atoms with Gasteiger partial charge in [0.15, 0.2) is 10.7 Å². The number of aromatic nitrogens is 2. The number of hydrogen-bond acceptors (Lipinski definition) is 5. The summed E-state index contributed by atoms with van der Waals surface area (Å²) < 4.78 is 1.24. The normalized spacial score (nSPS) is 10.6. The summed E-state index contributed by atoms with van der Waals surface area (Å²) in [5.41, 5.74) is -0.790. The topological polar surface area (TPSA) is 71.7 Å². The fourth-order valence-electron chi connectivity index (χ4n) is 1.18. The molecule has 2 aromatic heterocycles. The van der Waals surface area contributed by atoms with Gasteiger partial charge in [-0.1, -0.05) is 0 Å². The molecule has 0 aliphatic heterocycles. The van der Waals surface area contributed by atoms with E-state index in [0.29, 0.717) is 4.96 Å². The van der Waals surface area contributed by atoms with E-state index in [1.165, 1.54) is 28.9 Å². The predicted molar refractivity (Wildman–Crippen MR) is 51.0 cm³/mol. The van der Waals surface area contributed by atoms with E-state index in [-0.39, 0.29) is 5.56 Å². The Bertz CT molecular complexity index is 569. The van der Waals surface area contributed by atoms with Gasteiger partial charge >= 0.3 is 0 Å². The number of hydrogen-bond donors (Lipinski definition) is 1. The summed E-state index contributed by atoms with van der Waals surface area (Å²) in [6.45, 7) is 1.22. The van der Waals surface area contributed by atoms with Crippen LogP contribution in [0, 0.1) is 0 Å². The Morgan fingerprint density at radius 3 is 3.00 bits per heavy atom. The zero-order valence-corrected chi connectivity index (χ0v) is 8.04. The van der Waals surface area contributed by atoms with Gasteiger partial charge in [-0.15, -0.1) is 11.3 Å². The van der Waals surface area contributed by atoms with Crippen molar-refractivity contribution in [2.75, 3.05) is 0 Å². The van der Waals surface area contributed by atoms with Crippen LogP contribution in [0.2, 0.25) is 0 Å². The minimum Gasteiger partial charge on any atom is -0.493 e. The van der Waals surface area contributed by atoms with E-state index in [2.05, 4.69) is 4.98 Å². The summed E-state index contributed by atoms with van der Waals surface area (Å²) in [5, 5.41) is 11.0. The lowest BCUT2D eigenvalue weighted by Gasteiger charge is -1.98. The molecule has 5 nitrogen and oxygen atoms in total. The Hall–Kier alpha value is -1.69. The van der Waals surface area contributed by atoms with Crippen LogP contribution in [-0.4, -0.2) is 20.3 Å². The van der Waals surface area contributed by atoms with Crippen molar-refractivity contribution in [3.8, 4) is 5.88 Å². The smallest absolute Gasteiger partial charge is 0.273 e. The maximum Gasteiger partial charge on any atom is 0.273 e. The Labute approximate surface area is 82.3 Å². The number of Topliss-reactive ketones (excluding diaryl/α,β-unsaturated/α-hetero) is 1. The first-order valence-electron chi connectivity index (χ1n) is 3.81. The number of fused-ring (bicyclic) bond motifs is 1. The molecule has 0 saturated carbocycles. The monoisotopic (exact) mass is 210 g/mol. The van der Waals surface area contributed by atoms with E-state index in [9.17, 15) is 14.7 Å². The van der Waals surface area contributed by atoms with Crippen LogP contribution in [0.4, 0.5) is 0 Å². The van der Waals surface area contributed by atoms with Crippen LogP contribution in [0.25, 0.3) is 4.96 Å². The summed E-state index contributed by atoms with van der Waals surface area (Å²) >= 11 is 1.22. The summed E-state index contributed by atoms with van der Waals surface area (Å²) in [4.78, 5) is 26.7. The van der Waals surface area contributed by atoms with Gasteiger partial charge in [-0.25, -0.2) is 0 Å². The summed E-state index contributed by atoms with van der Waals surface area (Å²) in [6.07, 6.45) is 1.52. The van der Waals surface area contributed by atoms with E-state index in [1.807, 2.05) is 0 Å². The molecule has 0 amide bonds. The largest absolute Gasteiger partial charge is 0.493 e. The lowest BCUT2D eigenvalue weighted by atomic mass is 10.2. The predicted octanol–water partition coefficient (Wildman–Crippen LogP) is 0.664. The van der Waals surface area contributed by atoms with Crippen LogP contribution >= 0.6 is 11.3 Å². The molecule has 0 spiro atoms. The highest BCUT2D eigenvalue weighted by Gasteiger charge is 2.16. The van der Waals surface area contributed by atoms with Crippen LogP contribution in [0.5, 0.6) is 5.88 Å². The molecule has 0 bridgehead atoms. The van der Waals surface area contributed by atoms with Crippen LogP contribution < -0.4 is 5.56 Å². The first-order chi connectivity index (χ1) is 6.61. The molecule has 6 heteroatoms. The second-order valence-corrected chi connectivity index (χ2v) is 3.60. The maximum absolute atomic E-state index is 11.6. The molecule has 0 radical (unpaired) electrons. The van der Waals surface area contributed by atoms with Gasteiger partial charge in [0.1, 0.15) is 5.56 Å². The third-order valence-corrected chi connectivity index (χ3v) is 2.56. The minimum atomic E-state index is -0.527. The van der Waals surface area contributed by atoms with Gasteiger partial charge in [-0.3, -0.25) is 14.0 Å². The number of carbonyl (C=O) groups is 1. The Morgan fingerprint density at radius 2 is 2.36 bits per heavy atom. The molecule has 2 aromatic rings. The minimum absolute atomic E-state index is 0.263. The average molecular weight is 210 g/mol. The molecule has 2 rings (SSSR count). The molecular weight excluding hydrogens is 204 g/mol. The Balaban J connectivity index is 2.97. The molecule has 2 heterocycles. The molecule has 0 aromatic carbocycles. The second-order valence-electron chi connectivity index (χ2n) is 2.73. The van der Waals surface area contributed by atoms with Gasteiger partial charge < -0.3 is 5.11 Å². The molecule has 14 heavy (non-hydrogen) atoms. The van der Waals surface area contributed by atoms with Crippen molar-refractivity contribution >= 4 is 22.1 Å². The average Bonchev–Trinajstić information content (AvgIpc) is 2.50. The third kappa shape index (κ3) is 1.12. The summed E-state index contributed by atoms with van der Waals surface area (Å²) in [6, 6.07) is 0. The third-order valence-electron chi connectivity index (χ3n) is 1.80. The standard InChI is InChI=1S/C8H6N2O3S/c1-4(11)5-6(12)9-8-10(7(5)13)2-3-14-8/h2-3,12H,1H3. The molecule has 0 aliphatic carbocycles. The van der Waals surface area contributed by atoms with E-state index in [1.54, 1.807) is 5.38 Å². The van der Waals surface area contributed by atoms with Crippen LogP contribution in [-0.2, 0) is 0 Å². The van der Waals surface area contributed by atoms with Crippen molar-refractivity contribution < 1.29 is 9.90 Å². The van der Waals surface area contributed by atoms with Crippen molar-refractivity contribution in [1.29, 1.82) is 0 Å². The van der Waals surface area contributed by atoms with E-state index in [4.69, 9.17) is 0 Å². The Morgan fingerprint density at radius 1 is 1.64 bits per heavy atom. The first kappa shape index (κ1) is 8.89. The maximum atomic E-state index is 11.6. The first-order valence-corrected chi connectivity index (χ1v) is 4.69. The highest BCUT2D eigenvalue weighted by molar-refractivity contribution is 7.15. The molecule has 0 saturated heterocycles. The van der Waals surface area contributed by atoms with Crippen LogP contribution in [0.1, 0.15) is 17.3 Å². The number of ketones is 1. The second kappa shape index (κ2) is 2.91. The SMILES string of the molecule is CC(=O)c1c(O)nc2sccn2c1=O. The number of rotatable bonds is 1. The number of carbonyl (C=O) groups excluding carboxylic acids is 1. The van der Waals surface area contributed by atoms with Crippen molar-refractivity contribution in [2.24, 2.45) is 0 Å². The summed E-state index contributed by atoms with van der Waals surface area (Å²) in [7, 11) is 0. The number of aromatic hydroxyl groups is 1. The van der Waals surface area contributed by atoms with E-state index >= 15 is 0 Å². The van der Waals surface area contributed by atoms with Crippen LogP contribution in [0.3, 0.4) is 0 Å². The fraction of sp³-hybridized carbons (Fsp3) is 0.125. The van der Waals surface area contributed by atoms with E-state index < -0.39 is 17.2 Å². The van der Waals surface area contributed by atoms with Gasteiger partial charge in [0.2, 0.25) is 5.88 Å². The number of nitrogens with zero attached hydrogens (tertiary/aromatic N) is 2. The molecule has 72 valence electrons. The highest BCUT2D eigenvalue weighted by Crippen LogP contribution is 2.14. The summed E-state index contributed by atoms with van der Waals surface area (Å²) in [5.74, 6) is -0.981. The van der Waals surface area contributed by atoms with Crippen LogP contribution in [0.15, 0.2) is 16.4 Å². The van der Waals surface area contributed by atoms with Gasteiger partial charge in [0.05, 0.1) is 0 Å². The zero-order valence-electron chi connectivity index (χ0n) is 7.22. The molecule has 0 aliphatic rings. The lowest BCUT2D eigenvalue weighted by molar-refractivity contribution is 0.101. The van der Waals surface area contributed by atoms with Crippen molar-refractivity contribution in [1.82, 2.24) is 9.38 Å². The number of thiazole rings is 1. The molecular formula is C8H6N2O3S.